The average Bonchev–Trinajstić information content (AvgIpc) is 2.42. The molecule has 21 heavy (non-hydrogen) atoms. The molecule has 1 atom stereocenters. The Labute approximate surface area is 127 Å². The van der Waals surface area contributed by atoms with E-state index in [4.69, 9.17) is 4.74 Å². The normalized spacial score (nSPS) is 12.3. The second-order valence-corrected chi connectivity index (χ2v) is 5.58. The van der Waals surface area contributed by atoms with Gasteiger partial charge < -0.3 is 10.1 Å². The molecular formula is C18H24N2O. The van der Waals surface area contributed by atoms with Gasteiger partial charge in [-0.05, 0) is 75.2 Å². The van der Waals surface area contributed by atoms with Crippen LogP contribution in [0.1, 0.15) is 39.7 Å². The van der Waals surface area contributed by atoms with Crippen LogP contribution in [-0.4, -0.2) is 19.1 Å². The monoisotopic (exact) mass is 284 g/mol. The molecule has 112 valence electrons. The molecule has 0 radical (unpaired) electrons. The van der Waals surface area contributed by atoms with Gasteiger partial charge in [-0.15, -0.1) is 0 Å². The lowest BCUT2D eigenvalue weighted by Gasteiger charge is -2.22. The Kier molecular flexibility index (Phi) is 4.63. The first kappa shape index (κ1) is 15.5. The fourth-order valence-electron chi connectivity index (χ4n) is 2.88. The summed E-state index contributed by atoms with van der Waals surface area (Å²) in [6, 6.07) is 8.77. The van der Waals surface area contributed by atoms with Crippen molar-refractivity contribution in [3.63, 3.8) is 0 Å². The van der Waals surface area contributed by atoms with E-state index in [1.807, 2.05) is 20.9 Å². The van der Waals surface area contributed by atoms with E-state index in [-0.39, 0.29) is 6.04 Å². The summed E-state index contributed by atoms with van der Waals surface area (Å²) in [6.45, 7) is 8.28. The van der Waals surface area contributed by atoms with Gasteiger partial charge in [-0.1, -0.05) is 6.07 Å². The van der Waals surface area contributed by atoms with Crippen molar-refractivity contribution >= 4 is 0 Å². The Morgan fingerprint density at radius 3 is 2.10 bits per heavy atom. The van der Waals surface area contributed by atoms with Gasteiger partial charge in [-0.25, -0.2) is 0 Å². The van der Waals surface area contributed by atoms with Gasteiger partial charge in [-0.3, -0.25) is 4.98 Å². The third-order valence-corrected chi connectivity index (χ3v) is 3.82. The van der Waals surface area contributed by atoms with Crippen LogP contribution in [0.5, 0.6) is 5.75 Å². The molecule has 3 heteroatoms. The molecule has 0 fully saturated rings. The fraction of sp³-hybridized carbons (Fsp3) is 0.389. The smallest absolute Gasteiger partial charge is 0.122 e. The molecule has 0 saturated carbocycles. The van der Waals surface area contributed by atoms with E-state index in [1.54, 1.807) is 7.11 Å². The first-order valence-electron chi connectivity index (χ1n) is 7.24. The minimum Gasteiger partial charge on any atom is -0.496 e. The van der Waals surface area contributed by atoms with Crippen LogP contribution in [0.2, 0.25) is 0 Å². The second-order valence-electron chi connectivity index (χ2n) is 5.58. The SMILES string of the molecule is CNC(c1cc(C)nc(C)c1)c1cc(C)c(OC)cc1C. The molecule has 0 spiro atoms. The molecule has 1 aromatic heterocycles. The molecule has 0 bridgehead atoms. The lowest BCUT2D eigenvalue weighted by atomic mass is 9.93. The zero-order valence-corrected chi connectivity index (χ0v) is 13.7. The molecular weight excluding hydrogens is 260 g/mol. The van der Waals surface area contributed by atoms with Crippen LogP contribution >= 0.6 is 0 Å². The van der Waals surface area contributed by atoms with Crippen LogP contribution in [0.4, 0.5) is 0 Å². The van der Waals surface area contributed by atoms with Crippen LogP contribution in [0.25, 0.3) is 0 Å². The Morgan fingerprint density at radius 1 is 0.952 bits per heavy atom. The van der Waals surface area contributed by atoms with E-state index < -0.39 is 0 Å². The molecule has 0 aliphatic heterocycles. The molecule has 1 unspecified atom stereocenters. The van der Waals surface area contributed by atoms with E-state index in [0.29, 0.717) is 0 Å². The van der Waals surface area contributed by atoms with Crippen molar-refractivity contribution in [3.05, 3.63) is 57.9 Å². The maximum Gasteiger partial charge on any atom is 0.122 e. The van der Waals surface area contributed by atoms with Gasteiger partial charge in [0.1, 0.15) is 5.75 Å². The number of hydrogen-bond acceptors (Lipinski definition) is 3. The molecule has 1 aromatic carbocycles. The molecule has 2 rings (SSSR count). The second kappa shape index (κ2) is 6.27. The van der Waals surface area contributed by atoms with Crippen LogP contribution < -0.4 is 10.1 Å². The molecule has 0 amide bonds. The Balaban J connectivity index is 2.53. The minimum absolute atomic E-state index is 0.162. The minimum atomic E-state index is 0.162. The Hall–Kier alpha value is -1.87. The van der Waals surface area contributed by atoms with E-state index in [9.17, 15) is 0 Å². The number of hydrogen-bond donors (Lipinski definition) is 1. The molecule has 3 nitrogen and oxygen atoms in total. The summed E-state index contributed by atoms with van der Waals surface area (Å²) in [5.41, 5.74) is 7.00. The predicted molar refractivity (Wildman–Crippen MR) is 87.1 cm³/mol. The summed E-state index contributed by atoms with van der Waals surface area (Å²) < 4.78 is 5.41. The molecule has 2 aromatic rings. The number of rotatable bonds is 4. The van der Waals surface area contributed by atoms with Crippen molar-refractivity contribution in [2.24, 2.45) is 0 Å². The third kappa shape index (κ3) is 3.24. The maximum absolute atomic E-state index is 5.41. The number of methoxy groups -OCH3 is 1. The summed E-state index contributed by atoms with van der Waals surface area (Å²) >= 11 is 0. The van der Waals surface area contributed by atoms with E-state index in [0.717, 1.165) is 22.7 Å². The van der Waals surface area contributed by atoms with Gasteiger partial charge in [0.25, 0.3) is 0 Å². The summed E-state index contributed by atoms with van der Waals surface area (Å²) in [7, 11) is 3.71. The maximum atomic E-state index is 5.41. The van der Waals surface area contributed by atoms with Crippen LogP contribution in [0.3, 0.4) is 0 Å². The number of aryl methyl sites for hydroxylation is 4. The predicted octanol–water partition coefficient (Wildman–Crippen LogP) is 3.63. The topological polar surface area (TPSA) is 34.2 Å². The van der Waals surface area contributed by atoms with Crippen molar-refractivity contribution in [2.75, 3.05) is 14.2 Å². The summed E-state index contributed by atoms with van der Waals surface area (Å²) in [4.78, 5) is 4.46. The summed E-state index contributed by atoms with van der Waals surface area (Å²) in [5.74, 6) is 0.938. The summed E-state index contributed by atoms with van der Waals surface area (Å²) in [6.07, 6.45) is 0. The Bertz CT molecular complexity index is 630. The van der Waals surface area contributed by atoms with Gasteiger partial charge in [0.2, 0.25) is 0 Å². The average molecular weight is 284 g/mol. The quantitative estimate of drug-likeness (QED) is 0.931. The number of nitrogens with zero attached hydrogens (tertiary/aromatic N) is 1. The molecule has 0 aliphatic carbocycles. The van der Waals surface area contributed by atoms with Crippen molar-refractivity contribution in [3.8, 4) is 5.75 Å². The van der Waals surface area contributed by atoms with E-state index in [2.05, 4.69) is 48.4 Å². The highest BCUT2D eigenvalue weighted by Crippen LogP contribution is 2.30. The third-order valence-electron chi connectivity index (χ3n) is 3.82. The molecule has 0 saturated heterocycles. The number of aromatic nitrogens is 1. The highest BCUT2D eigenvalue weighted by molar-refractivity contribution is 5.46. The first-order valence-corrected chi connectivity index (χ1v) is 7.24. The largest absolute Gasteiger partial charge is 0.496 e. The zero-order chi connectivity index (χ0) is 15.6. The molecule has 1 heterocycles. The van der Waals surface area contributed by atoms with Crippen LogP contribution in [-0.2, 0) is 0 Å². The van der Waals surface area contributed by atoms with Gasteiger partial charge >= 0.3 is 0 Å². The lowest BCUT2D eigenvalue weighted by molar-refractivity contribution is 0.411. The number of benzene rings is 1. The van der Waals surface area contributed by atoms with Gasteiger partial charge in [0.05, 0.1) is 13.2 Å². The van der Waals surface area contributed by atoms with Crippen LogP contribution in [0, 0.1) is 27.7 Å². The number of nitrogens with one attached hydrogen (secondary N) is 1. The van der Waals surface area contributed by atoms with Crippen molar-refractivity contribution in [1.82, 2.24) is 10.3 Å². The van der Waals surface area contributed by atoms with Crippen molar-refractivity contribution in [1.29, 1.82) is 0 Å². The van der Waals surface area contributed by atoms with Crippen molar-refractivity contribution in [2.45, 2.75) is 33.7 Å². The standard InChI is InChI=1S/C18H24N2O/c1-11-8-17(21-6)12(2)7-16(11)18(19-5)15-9-13(3)20-14(4)10-15/h7-10,18-19H,1-6H3. The van der Waals surface area contributed by atoms with Crippen LogP contribution in [0.15, 0.2) is 24.3 Å². The highest BCUT2D eigenvalue weighted by atomic mass is 16.5. The number of ether oxygens (including phenoxy) is 1. The van der Waals surface area contributed by atoms with E-state index in [1.165, 1.54) is 16.7 Å². The lowest BCUT2D eigenvalue weighted by Crippen LogP contribution is -2.19. The van der Waals surface area contributed by atoms with Gasteiger partial charge in [0, 0.05) is 11.4 Å². The van der Waals surface area contributed by atoms with Gasteiger partial charge in [-0.2, -0.15) is 0 Å². The van der Waals surface area contributed by atoms with E-state index >= 15 is 0 Å². The Morgan fingerprint density at radius 2 is 1.57 bits per heavy atom. The zero-order valence-electron chi connectivity index (χ0n) is 13.7. The number of pyridine rings is 1. The highest BCUT2D eigenvalue weighted by Gasteiger charge is 2.17. The fourth-order valence-corrected chi connectivity index (χ4v) is 2.88. The summed E-state index contributed by atoms with van der Waals surface area (Å²) in [5, 5.41) is 3.43. The first-order chi connectivity index (χ1) is 9.96. The van der Waals surface area contributed by atoms with Gasteiger partial charge in [0.15, 0.2) is 0 Å². The molecule has 0 aliphatic rings. The molecule has 1 N–H and O–H groups in total. The van der Waals surface area contributed by atoms with Crippen molar-refractivity contribution < 1.29 is 4.74 Å².